The van der Waals surface area contributed by atoms with Gasteiger partial charge in [-0.3, -0.25) is 0 Å². The van der Waals surface area contributed by atoms with Gasteiger partial charge in [-0.1, -0.05) is 25.9 Å². The molecule has 0 bridgehead atoms. The highest BCUT2D eigenvalue weighted by Crippen LogP contribution is 2.21. The van der Waals surface area contributed by atoms with E-state index in [1.165, 1.54) is 10.6 Å². The maximum absolute atomic E-state index is 11.4. The molecule has 0 aliphatic rings. The normalized spacial score (nSPS) is 13.9. The molecule has 0 atom stereocenters. The average molecular weight is 322 g/mol. The third-order valence-corrected chi connectivity index (χ3v) is 4.92. The Morgan fingerprint density at radius 3 is 2.38 bits per heavy atom. The molecule has 0 unspecified atom stereocenters. The zero-order valence-corrected chi connectivity index (χ0v) is 14.4. The van der Waals surface area contributed by atoms with Gasteiger partial charge < -0.3 is 16.3 Å². The topological polar surface area (TPSA) is 108 Å². The standard InChI is InChI=1S/C13H30N4O3S/c1-5-17(21(4,19)20)11-7-10-15-9-6-8-13(2,3)12(14)16-18/h15,18H,5-11H2,1-4H3,(H2,14,16). The van der Waals surface area contributed by atoms with Crippen LogP contribution in [0.1, 0.15) is 40.0 Å². The van der Waals surface area contributed by atoms with Gasteiger partial charge in [-0.15, -0.1) is 0 Å². The fraction of sp³-hybridized carbons (Fsp3) is 0.923. The van der Waals surface area contributed by atoms with E-state index in [4.69, 9.17) is 10.9 Å². The van der Waals surface area contributed by atoms with Crippen molar-refractivity contribution in [2.24, 2.45) is 16.3 Å². The molecule has 0 saturated heterocycles. The third-order valence-electron chi connectivity index (χ3n) is 3.54. The summed E-state index contributed by atoms with van der Waals surface area (Å²) in [5.74, 6) is 0.245. The van der Waals surface area contributed by atoms with Crippen LogP contribution in [0.15, 0.2) is 5.16 Å². The Hall–Kier alpha value is -0.860. The van der Waals surface area contributed by atoms with Crippen molar-refractivity contribution < 1.29 is 13.6 Å². The molecule has 0 fully saturated rings. The zero-order chi connectivity index (χ0) is 16.5. The lowest BCUT2D eigenvalue weighted by atomic mass is 9.86. The monoisotopic (exact) mass is 322 g/mol. The van der Waals surface area contributed by atoms with Crippen molar-refractivity contribution in [3.63, 3.8) is 0 Å². The molecular formula is C13H30N4O3S. The van der Waals surface area contributed by atoms with Crippen LogP contribution in [0.3, 0.4) is 0 Å². The number of sulfonamides is 1. The Morgan fingerprint density at radius 2 is 1.90 bits per heavy atom. The highest BCUT2D eigenvalue weighted by molar-refractivity contribution is 7.88. The van der Waals surface area contributed by atoms with Gasteiger partial charge in [0.15, 0.2) is 0 Å². The molecule has 7 nitrogen and oxygen atoms in total. The smallest absolute Gasteiger partial charge is 0.211 e. The average Bonchev–Trinajstić information content (AvgIpc) is 2.39. The summed E-state index contributed by atoms with van der Waals surface area (Å²) in [6, 6.07) is 0. The molecule has 0 amide bonds. The van der Waals surface area contributed by atoms with Gasteiger partial charge in [-0.2, -0.15) is 0 Å². The van der Waals surface area contributed by atoms with Gasteiger partial charge in [0.05, 0.1) is 6.26 Å². The second-order valence-electron chi connectivity index (χ2n) is 5.83. The van der Waals surface area contributed by atoms with Crippen molar-refractivity contribution in [3.8, 4) is 0 Å². The highest BCUT2D eigenvalue weighted by atomic mass is 32.2. The molecule has 21 heavy (non-hydrogen) atoms. The number of hydrogen-bond acceptors (Lipinski definition) is 5. The summed E-state index contributed by atoms with van der Waals surface area (Å²) in [4.78, 5) is 0. The Bertz CT molecular complexity index is 421. The summed E-state index contributed by atoms with van der Waals surface area (Å²) in [5.41, 5.74) is 5.31. The minimum Gasteiger partial charge on any atom is -0.409 e. The van der Waals surface area contributed by atoms with Crippen LogP contribution in [0.2, 0.25) is 0 Å². The summed E-state index contributed by atoms with van der Waals surface area (Å²) in [6.07, 6.45) is 3.75. The molecule has 0 aromatic rings. The van der Waals surface area contributed by atoms with E-state index in [1.54, 1.807) is 0 Å². The molecule has 0 aromatic heterocycles. The first-order valence-electron chi connectivity index (χ1n) is 7.29. The third kappa shape index (κ3) is 8.23. The number of nitrogens with two attached hydrogens (primary N) is 1. The van der Waals surface area contributed by atoms with Crippen LogP contribution in [-0.2, 0) is 10.0 Å². The quantitative estimate of drug-likeness (QED) is 0.171. The molecule has 126 valence electrons. The molecule has 0 spiro atoms. The summed E-state index contributed by atoms with van der Waals surface area (Å²) >= 11 is 0. The molecule has 0 saturated carbocycles. The van der Waals surface area contributed by atoms with E-state index in [0.29, 0.717) is 13.1 Å². The predicted octanol–water partition coefficient (Wildman–Crippen LogP) is 0.800. The van der Waals surface area contributed by atoms with Crippen LogP contribution >= 0.6 is 0 Å². The van der Waals surface area contributed by atoms with E-state index in [1.807, 2.05) is 20.8 Å². The Morgan fingerprint density at radius 1 is 1.33 bits per heavy atom. The number of rotatable bonds is 11. The number of amidine groups is 1. The van der Waals surface area contributed by atoms with Crippen molar-refractivity contribution >= 4 is 15.9 Å². The lowest BCUT2D eigenvalue weighted by Gasteiger charge is -2.22. The number of oxime groups is 1. The molecule has 0 rings (SSSR count). The van der Waals surface area contributed by atoms with E-state index in [0.717, 1.165) is 32.4 Å². The molecule has 4 N–H and O–H groups in total. The van der Waals surface area contributed by atoms with E-state index in [9.17, 15) is 8.42 Å². The second kappa shape index (κ2) is 9.22. The maximum Gasteiger partial charge on any atom is 0.211 e. The highest BCUT2D eigenvalue weighted by Gasteiger charge is 2.22. The van der Waals surface area contributed by atoms with Crippen LogP contribution < -0.4 is 11.1 Å². The minimum absolute atomic E-state index is 0.245. The number of nitrogens with one attached hydrogen (secondary N) is 1. The number of hydrogen-bond donors (Lipinski definition) is 3. The fourth-order valence-electron chi connectivity index (χ4n) is 1.98. The van der Waals surface area contributed by atoms with Crippen molar-refractivity contribution in [2.75, 3.05) is 32.4 Å². The van der Waals surface area contributed by atoms with Crippen LogP contribution in [0, 0.1) is 5.41 Å². The van der Waals surface area contributed by atoms with Gasteiger partial charge in [-0.05, 0) is 32.4 Å². The second-order valence-corrected chi connectivity index (χ2v) is 7.81. The SMILES string of the molecule is CCN(CCCNCCCC(C)(C)C(N)=NO)S(C)(=O)=O. The van der Waals surface area contributed by atoms with Crippen LogP contribution in [0.5, 0.6) is 0 Å². The summed E-state index contributed by atoms with van der Waals surface area (Å²) in [6.45, 7) is 8.36. The van der Waals surface area contributed by atoms with Crippen molar-refractivity contribution in [1.82, 2.24) is 9.62 Å². The van der Waals surface area contributed by atoms with Crippen LogP contribution in [-0.4, -0.2) is 56.2 Å². The van der Waals surface area contributed by atoms with E-state index < -0.39 is 10.0 Å². The van der Waals surface area contributed by atoms with Crippen LogP contribution in [0.25, 0.3) is 0 Å². The van der Waals surface area contributed by atoms with Gasteiger partial charge in [0.2, 0.25) is 10.0 Å². The van der Waals surface area contributed by atoms with Crippen molar-refractivity contribution in [1.29, 1.82) is 0 Å². The molecule has 0 radical (unpaired) electrons. The van der Waals surface area contributed by atoms with Gasteiger partial charge >= 0.3 is 0 Å². The lowest BCUT2D eigenvalue weighted by Crippen LogP contribution is -2.33. The molecule has 0 aromatic carbocycles. The lowest BCUT2D eigenvalue weighted by molar-refractivity contribution is 0.304. The zero-order valence-electron chi connectivity index (χ0n) is 13.6. The molecule has 0 heterocycles. The van der Waals surface area contributed by atoms with Gasteiger partial charge in [0, 0.05) is 18.5 Å². The first-order valence-corrected chi connectivity index (χ1v) is 9.13. The Labute approximate surface area is 128 Å². The Balaban J connectivity index is 3.80. The fourth-order valence-corrected chi connectivity index (χ4v) is 2.91. The first kappa shape index (κ1) is 20.1. The van der Waals surface area contributed by atoms with E-state index in [-0.39, 0.29) is 11.3 Å². The summed E-state index contributed by atoms with van der Waals surface area (Å²) < 4.78 is 24.3. The first-order chi connectivity index (χ1) is 9.65. The molecule has 0 aliphatic carbocycles. The predicted molar refractivity (Wildman–Crippen MR) is 86.0 cm³/mol. The van der Waals surface area contributed by atoms with Gasteiger partial charge in [0.25, 0.3) is 0 Å². The maximum atomic E-state index is 11.4. The molecular weight excluding hydrogens is 292 g/mol. The van der Waals surface area contributed by atoms with Crippen LogP contribution in [0.4, 0.5) is 0 Å². The van der Waals surface area contributed by atoms with Gasteiger partial charge in [-0.25, -0.2) is 12.7 Å². The van der Waals surface area contributed by atoms with E-state index >= 15 is 0 Å². The molecule has 8 heteroatoms. The van der Waals surface area contributed by atoms with Crippen molar-refractivity contribution in [3.05, 3.63) is 0 Å². The summed E-state index contributed by atoms with van der Waals surface area (Å²) in [5, 5.41) is 15.0. The minimum atomic E-state index is -3.09. The van der Waals surface area contributed by atoms with Gasteiger partial charge in [0.1, 0.15) is 5.84 Å². The van der Waals surface area contributed by atoms with E-state index in [2.05, 4.69) is 10.5 Å². The largest absolute Gasteiger partial charge is 0.409 e. The molecule has 0 aliphatic heterocycles. The van der Waals surface area contributed by atoms with Crippen molar-refractivity contribution in [2.45, 2.75) is 40.0 Å². The number of nitrogens with zero attached hydrogens (tertiary/aromatic N) is 2. The Kier molecular flexibility index (Phi) is 8.84. The summed E-state index contributed by atoms with van der Waals surface area (Å²) in [7, 11) is -3.09.